The summed E-state index contributed by atoms with van der Waals surface area (Å²) in [6.07, 6.45) is -3.75. The van der Waals surface area contributed by atoms with Gasteiger partial charge in [0.05, 0.1) is 21.8 Å². The van der Waals surface area contributed by atoms with Gasteiger partial charge in [0.15, 0.2) is 5.16 Å². The van der Waals surface area contributed by atoms with E-state index in [9.17, 15) is 22.8 Å². The van der Waals surface area contributed by atoms with Crippen LogP contribution in [0.5, 0.6) is 0 Å². The maximum atomic E-state index is 13.1. The van der Waals surface area contributed by atoms with Crippen molar-refractivity contribution in [1.29, 1.82) is 0 Å². The van der Waals surface area contributed by atoms with E-state index < -0.39 is 22.9 Å². The summed E-state index contributed by atoms with van der Waals surface area (Å²) in [7, 11) is 0. The molecule has 164 valence electrons. The van der Waals surface area contributed by atoms with Crippen molar-refractivity contribution in [3.8, 4) is 0 Å². The monoisotopic (exact) mass is 450 g/mol. The lowest BCUT2D eigenvalue weighted by Crippen LogP contribution is -2.23. The summed E-state index contributed by atoms with van der Waals surface area (Å²) in [5, 5.41) is 2.66. The minimum atomic E-state index is -4.44. The number of alkyl halides is 3. The van der Waals surface area contributed by atoms with Crippen LogP contribution < -0.4 is 11.1 Å². The van der Waals surface area contributed by atoms with Gasteiger partial charge >= 0.3 is 6.18 Å². The third kappa shape index (κ3) is 5.19. The molecule has 0 bridgehead atoms. The lowest BCUT2D eigenvalue weighted by Gasteiger charge is -2.13. The van der Waals surface area contributed by atoms with Crippen LogP contribution in [0.15, 0.2) is 47.6 Å². The number of hydrogen-bond acceptors (Lipinski definition) is 4. The highest BCUT2D eigenvalue weighted by Gasteiger charge is 2.31. The summed E-state index contributed by atoms with van der Waals surface area (Å²) in [6, 6.07) is 9.60. The Balaban J connectivity index is 1.81. The number of aromatic nitrogens is 2. The molecule has 6 nitrogen and oxygen atoms in total. The summed E-state index contributed by atoms with van der Waals surface area (Å²) >= 11 is 1.17. The molecular weight excluding hydrogens is 429 g/mol. The number of thioether (sulfide) groups is 1. The molecule has 2 amide bonds. The van der Waals surface area contributed by atoms with Crippen molar-refractivity contribution >= 4 is 40.3 Å². The number of carbonyl (C=O) groups is 2. The third-order valence-electron chi connectivity index (χ3n) is 4.58. The predicted octanol–water partition coefficient (Wildman–Crippen LogP) is 4.68. The zero-order valence-corrected chi connectivity index (χ0v) is 17.7. The van der Waals surface area contributed by atoms with Crippen LogP contribution in [0.2, 0.25) is 0 Å². The second kappa shape index (κ2) is 9.01. The van der Waals surface area contributed by atoms with E-state index in [1.165, 1.54) is 30.0 Å². The molecule has 2 aromatic carbocycles. The maximum Gasteiger partial charge on any atom is 0.416 e. The molecule has 1 heterocycles. The van der Waals surface area contributed by atoms with Gasteiger partial charge in [-0.2, -0.15) is 13.2 Å². The fraction of sp³-hybridized carbons (Fsp3) is 0.286. The van der Waals surface area contributed by atoms with Gasteiger partial charge in [0.1, 0.15) is 0 Å². The second-order valence-electron chi connectivity index (χ2n) is 6.94. The van der Waals surface area contributed by atoms with Gasteiger partial charge in [0, 0.05) is 17.8 Å². The predicted molar refractivity (Wildman–Crippen MR) is 114 cm³/mol. The number of amides is 2. The van der Waals surface area contributed by atoms with Crippen molar-refractivity contribution in [3.05, 3.63) is 53.6 Å². The number of anilines is 1. The lowest BCUT2D eigenvalue weighted by atomic mass is 10.2. The summed E-state index contributed by atoms with van der Waals surface area (Å²) in [6.45, 7) is 4.08. The van der Waals surface area contributed by atoms with Gasteiger partial charge in [-0.05, 0) is 55.8 Å². The normalized spacial score (nSPS) is 12.7. The number of nitrogens with zero attached hydrogens (tertiary/aromatic N) is 2. The van der Waals surface area contributed by atoms with Crippen LogP contribution >= 0.6 is 11.8 Å². The zero-order valence-electron chi connectivity index (χ0n) is 16.9. The van der Waals surface area contributed by atoms with Crippen LogP contribution in [-0.4, -0.2) is 26.6 Å². The molecule has 0 aliphatic carbocycles. The van der Waals surface area contributed by atoms with Crippen molar-refractivity contribution in [1.82, 2.24) is 9.55 Å². The number of fused-ring (bicyclic) bond motifs is 1. The summed E-state index contributed by atoms with van der Waals surface area (Å²) < 4.78 is 41.1. The van der Waals surface area contributed by atoms with Crippen LogP contribution in [-0.2, 0) is 17.5 Å². The van der Waals surface area contributed by atoms with E-state index in [0.29, 0.717) is 40.4 Å². The average Bonchev–Trinajstić information content (AvgIpc) is 3.04. The first-order chi connectivity index (χ1) is 14.6. The minimum absolute atomic E-state index is 0.303. The maximum absolute atomic E-state index is 13.1. The number of nitrogens with one attached hydrogen (secondary N) is 1. The topological polar surface area (TPSA) is 90.0 Å². The Labute approximate surface area is 181 Å². The molecule has 3 rings (SSSR count). The number of aryl methyl sites for hydroxylation is 1. The van der Waals surface area contributed by atoms with Gasteiger partial charge in [-0.1, -0.05) is 18.7 Å². The Kier molecular flexibility index (Phi) is 6.59. The fourth-order valence-electron chi connectivity index (χ4n) is 2.98. The lowest BCUT2D eigenvalue weighted by molar-refractivity contribution is -0.137. The molecule has 0 aliphatic heterocycles. The summed E-state index contributed by atoms with van der Waals surface area (Å²) in [4.78, 5) is 28.2. The van der Waals surface area contributed by atoms with Gasteiger partial charge in [0.25, 0.3) is 0 Å². The number of benzene rings is 2. The van der Waals surface area contributed by atoms with Crippen molar-refractivity contribution in [2.24, 2.45) is 5.73 Å². The minimum Gasteiger partial charge on any atom is -0.366 e. The smallest absolute Gasteiger partial charge is 0.366 e. The van der Waals surface area contributed by atoms with E-state index in [1.54, 1.807) is 23.6 Å². The number of carbonyl (C=O) groups excluding carboxylic acids is 2. The third-order valence-corrected chi connectivity index (χ3v) is 5.67. The van der Waals surface area contributed by atoms with Crippen molar-refractivity contribution in [2.45, 2.75) is 43.4 Å². The number of primary amides is 1. The Morgan fingerprint density at radius 2 is 1.87 bits per heavy atom. The molecule has 31 heavy (non-hydrogen) atoms. The van der Waals surface area contributed by atoms with Crippen LogP contribution in [0.4, 0.5) is 18.9 Å². The first-order valence-corrected chi connectivity index (χ1v) is 10.4. The van der Waals surface area contributed by atoms with Crippen LogP contribution in [0.25, 0.3) is 11.0 Å². The number of rotatable bonds is 7. The summed E-state index contributed by atoms with van der Waals surface area (Å²) in [5.41, 5.74) is 6.12. The van der Waals surface area contributed by atoms with Gasteiger partial charge in [-0.15, -0.1) is 0 Å². The highest BCUT2D eigenvalue weighted by molar-refractivity contribution is 8.00. The quantitative estimate of drug-likeness (QED) is 0.512. The van der Waals surface area contributed by atoms with Gasteiger partial charge < -0.3 is 15.6 Å². The molecule has 10 heteroatoms. The van der Waals surface area contributed by atoms with Crippen molar-refractivity contribution in [2.75, 3.05) is 5.32 Å². The van der Waals surface area contributed by atoms with Crippen LogP contribution in [0.1, 0.15) is 36.2 Å². The first-order valence-electron chi connectivity index (χ1n) is 9.55. The molecule has 3 N–H and O–H groups in total. The van der Waals surface area contributed by atoms with E-state index >= 15 is 0 Å². The Hall–Kier alpha value is -3.01. The highest BCUT2D eigenvalue weighted by atomic mass is 32.2. The molecule has 0 saturated carbocycles. The molecule has 1 atom stereocenters. The molecule has 0 aliphatic rings. The van der Waals surface area contributed by atoms with E-state index in [1.807, 2.05) is 6.92 Å². The molecule has 3 aromatic rings. The van der Waals surface area contributed by atoms with Gasteiger partial charge in [-0.3, -0.25) is 9.59 Å². The molecule has 1 aromatic heterocycles. The Morgan fingerprint density at radius 3 is 2.45 bits per heavy atom. The number of hydrogen-bond donors (Lipinski definition) is 2. The van der Waals surface area contributed by atoms with E-state index in [0.717, 1.165) is 12.1 Å². The highest BCUT2D eigenvalue weighted by Crippen LogP contribution is 2.34. The zero-order chi connectivity index (χ0) is 22.8. The molecule has 0 saturated heterocycles. The second-order valence-corrected chi connectivity index (χ2v) is 8.25. The van der Waals surface area contributed by atoms with Crippen LogP contribution in [0, 0.1) is 0 Å². The molecule has 0 spiro atoms. The van der Waals surface area contributed by atoms with Gasteiger partial charge in [0.2, 0.25) is 11.8 Å². The average molecular weight is 450 g/mol. The number of imidazole rings is 1. The Morgan fingerprint density at radius 1 is 1.19 bits per heavy atom. The van der Waals surface area contributed by atoms with E-state index in [-0.39, 0.29) is 5.91 Å². The molecular formula is C21H21F3N4O2S. The number of nitrogens with two attached hydrogens (primary N) is 1. The molecule has 0 radical (unpaired) electrons. The van der Waals surface area contributed by atoms with E-state index in [4.69, 9.17) is 5.73 Å². The molecule has 0 fully saturated rings. The first kappa shape index (κ1) is 22.7. The van der Waals surface area contributed by atoms with E-state index in [2.05, 4.69) is 10.3 Å². The summed E-state index contributed by atoms with van der Waals surface area (Å²) in [5.74, 6) is -0.867. The van der Waals surface area contributed by atoms with Crippen molar-refractivity contribution < 1.29 is 22.8 Å². The SMILES string of the molecule is CCCn1c(S[C@H](C)C(=O)Nc2ccc(C(N)=O)cc2)nc2ccc(C(F)(F)F)cc21. The van der Waals surface area contributed by atoms with Gasteiger partial charge in [-0.25, -0.2) is 4.98 Å². The Bertz CT molecular complexity index is 1110. The number of halogens is 3. The van der Waals surface area contributed by atoms with Crippen molar-refractivity contribution in [3.63, 3.8) is 0 Å². The fourth-order valence-corrected chi connectivity index (χ4v) is 3.93. The van der Waals surface area contributed by atoms with Crippen LogP contribution in [0.3, 0.4) is 0 Å². The standard InChI is InChI=1S/C21H21F3N4O2S/c1-3-10-28-17-11-14(21(22,23)24)6-9-16(17)27-20(28)31-12(2)19(30)26-15-7-4-13(5-8-15)18(25)29/h4-9,11-12H,3,10H2,1-2H3,(H2,25,29)(H,26,30)/t12-/m1/s1. The largest absolute Gasteiger partial charge is 0.416 e. The molecule has 0 unspecified atom stereocenters.